The van der Waals surface area contributed by atoms with Crippen molar-refractivity contribution in [3.63, 3.8) is 0 Å². The quantitative estimate of drug-likeness (QED) is 0.500. The number of thioether (sulfide) groups is 1. The van der Waals surface area contributed by atoms with Gasteiger partial charge in [0.1, 0.15) is 4.32 Å². The van der Waals surface area contributed by atoms with Crippen LogP contribution in [0.4, 0.5) is 0 Å². The Kier molecular flexibility index (Phi) is 1.53. The monoisotopic (exact) mass is 146 g/mol. The Labute approximate surface area is 57.5 Å². The first-order chi connectivity index (χ1) is 3.70. The van der Waals surface area contributed by atoms with Gasteiger partial charge >= 0.3 is 0 Å². The second-order valence-corrected chi connectivity index (χ2v) is 3.34. The normalized spacial score (nSPS) is 28.4. The van der Waals surface area contributed by atoms with Crippen molar-refractivity contribution >= 4 is 33.3 Å². The van der Waals surface area contributed by atoms with Crippen molar-refractivity contribution in [1.82, 2.24) is 5.32 Å². The Morgan fingerprint density at radius 1 is 1.88 bits per heavy atom. The third-order valence-electron chi connectivity index (χ3n) is 0.930. The first-order valence-corrected chi connectivity index (χ1v) is 3.49. The fraction of sp³-hybridized carbons (Fsp3) is 0.500. The van der Waals surface area contributed by atoms with Crippen molar-refractivity contribution < 1.29 is 0 Å². The van der Waals surface area contributed by atoms with Gasteiger partial charge < -0.3 is 5.32 Å². The van der Waals surface area contributed by atoms with E-state index in [2.05, 4.69) is 5.32 Å². The second-order valence-electron chi connectivity index (χ2n) is 1.62. The number of rotatable bonds is 0. The summed E-state index contributed by atoms with van der Waals surface area (Å²) >= 11 is 6.12. The van der Waals surface area contributed by atoms with Crippen LogP contribution in [0.15, 0.2) is 0 Å². The lowest BCUT2D eigenvalue weighted by molar-refractivity contribution is 0.880. The fourth-order valence-electron chi connectivity index (χ4n) is 0.460. The third-order valence-corrected chi connectivity index (χ3v) is 2.17. The molecule has 0 aromatic rings. The lowest BCUT2D eigenvalue weighted by Gasteiger charge is -1.96. The smallest absolute Gasteiger partial charge is 0.140 e. The molecule has 1 unspecified atom stereocenters. The zero-order valence-corrected chi connectivity index (χ0v) is 6.03. The third kappa shape index (κ3) is 1.00. The van der Waals surface area contributed by atoms with Gasteiger partial charge in [0, 0.05) is 0 Å². The lowest BCUT2D eigenvalue weighted by atomic mass is 10.4. The van der Waals surface area contributed by atoms with Crippen LogP contribution in [0.1, 0.15) is 6.92 Å². The first-order valence-electron chi connectivity index (χ1n) is 2.27. The zero-order valence-electron chi connectivity index (χ0n) is 4.39. The predicted molar refractivity (Wildman–Crippen MR) is 40.5 cm³/mol. The van der Waals surface area contributed by atoms with Crippen molar-refractivity contribution in [3.05, 3.63) is 0 Å². The topological polar surface area (TPSA) is 35.9 Å². The minimum Gasteiger partial charge on any atom is -0.362 e. The maximum absolute atomic E-state index is 7.20. The van der Waals surface area contributed by atoms with Crippen LogP contribution >= 0.6 is 24.0 Å². The molecule has 2 nitrogen and oxygen atoms in total. The van der Waals surface area contributed by atoms with Gasteiger partial charge in [-0.1, -0.05) is 12.2 Å². The molecule has 1 aliphatic rings. The maximum Gasteiger partial charge on any atom is 0.140 e. The van der Waals surface area contributed by atoms with E-state index in [4.69, 9.17) is 17.6 Å². The molecule has 0 amide bonds. The summed E-state index contributed by atoms with van der Waals surface area (Å²) in [6.07, 6.45) is 0. The fourth-order valence-corrected chi connectivity index (χ4v) is 1.58. The Morgan fingerprint density at radius 3 is 2.62 bits per heavy atom. The zero-order chi connectivity index (χ0) is 6.15. The molecule has 0 spiro atoms. The van der Waals surface area contributed by atoms with E-state index >= 15 is 0 Å². The number of hydrogen-bond acceptors (Lipinski definition) is 3. The van der Waals surface area contributed by atoms with Crippen molar-refractivity contribution in [2.75, 3.05) is 0 Å². The van der Waals surface area contributed by atoms with Gasteiger partial charge in [0.05, 0.1) is 11.1 Å². The molecule has 8 heavy (non-hydrogen) atoms. The summed E-state index contributed by atoms with van der Waals surface area (Å²) in [4.78, 5) is 0. The lowest BCUT2D eigenvalue weighted by Crippen LogP contribution is -2.23. The maximum atomic E-state index is 7.20. The van der Waals surface area contributed by atoms with Crippen LogP contribution in [0.2, 0.25) is 0 Å². The van der Waals surface area contributed by atoms with Gasteiger partial charge in [0.2, 0.25) is 0 Å². The van der Waals surface area contributed by atoms with Gasteiger partial charge in [-0.3, -0.25) is 5.41 Å². The Morgan fingerprint density at radius 2 is 2.50 bits per heavy atom. The summed E-state index contributed by atoms with van der Waals surface area (Å²) in [6.45, 7) is 1.93. The van der Waals surface area contributed by atoms with Crippen molar-refractivity contribution in [2.24, 2.45) is 0 Å². The van der Waals surface area contributed by atoms with Crippen molar-refractivity contribution in [3.8, 4) is 0 Å². The molecule has 1 rings (SSSR count). The number of nitrogens with one attached hydrogen (secondary N) is 2. The highest BCUT2D eigenvalue weighted by Gasteiger charge is 2.19. The molecule has 2 N–H and O–H groups in total. The van der Waals surface area contributed by atoms with Crippen LogP contribution in [-0.4, -0.2) is 15.4 Å². The molecular weight excluding hydrogens is 140 g/mol. The Hall–Kier alpha value is -0.0900. The van der Waals surface area contributed by atoms with Crippen LogP contribution in [0, 0.1) is 5.41 Å². The Bertz CT molecular complexity index is 143. The van der Waals surface area contributed by atoms with Gasteiger partial charge in [-0.25, -0.2) is 0 Å². The molecule has 0 radical (unpaired) electrons. The largest absolute Gasteiger partial charge is 0.362 e. The molecule has 1 heterocycles. The van der Waals surface area contributed by atoms with E-state index in [1.807, 2.05) is 6.92 Å². The van der Waals surface area contributed by atoms with Crippen LogP contribution in [0.25, 0.3) is 0 Å². The van der Waals surface area contributed by atoms with E-state index in [9.17, 15) is 0 Å². The van der Waals surface area contributed by atoms with Gasteiger partial charge in [-0.2, -0.15) is 0 Å². The van der Waals surface area contributed by atoms with Crippen LogP contribution in [-0.2, 0) is 0 Å². The summed E-state index contributed by atoms with van der Waals surface area (Å²) in [5, 5.41) is 10.8. The van der Waals surface area contributed by atoms with E-state index in [0.29, 0.717) is 5.04 Å². The molecule has 1 fully saturated rings. The minimum absolute atomic E-state index is 0.146. The molecule has 1 atom stereocenters. The van der Waals surface area contributed by atoms with Gasteiger partial charge in [0.15, 0.2) is 0 Å². The van der Waals surface area contributed by atoms with Crippen molar-refractivity contribution in [1.29, 1.82) is 5.41 Å². The molecular formula is C4H6N2S2. The highest BCUT2D eigenvalue weighted by molar-refractivity contribution is 8.33. The standard InChI is InChI=1S/C4H6N2S2/c1-2-3(5)8-4(7)6-2/h2,5H,1H3,(H,6,7). The van der Waals surface area contributed by atoms with E-state index in [1.54, 1.807) is 0 Å². The van der Waals surface area contributed by atoms with E-state index in [-0.39, 0.29) is 6.04 Å². The van der Waals surface area contributed by atoms with E-state index in [0.717, 1.165) is 4.32 Å². The number of thiocarbonyl (C=S) groups is 1. The second kappa shape index (κ2) is 2.03. The molecule has 0 bridgehead atoms. The molecule has 44 valence electrons. The summed E-state index contributed by atoms with van der Waals surface area (Å²) in [5.41, 5.74) is 0. The molecule has 0 aliphatic carbocycles. The first kappa shape index (κ1) is 6.04. The highest BCUT2D eigenvalue weighted by Crippen LogP contribution is 2.14. The van der Waals surface area contributed by atoms with Gasteiger partial charge in [-0.05, 0) is 18.7 Å². The Balaban J connectivity index is 2.64. The summed E-state index contributed by atoms with van der Waals surface area (Å²) < 4.78 is 0.725. The van der Waals surface area contributed by atoms with Crippen molar-refractivity contribution in [2.45, 2.75) is 13.0 Å². The van der Waals surface area contributed by atoms with E-state index in [1.165, 1.54) is 11.8 Å². The molecule has 0 aromatic heterocycles. The minimum atomic E-state index is 0.146. The molecule has 0 saturated carbocycles. The van der Waals surface area contributed by atoms with Crippen LogP contribution in [0.3, 0.4) is 0 Å². The molecule has 1 aliphatic heterocycles. The summed E-state index contributed by atoms with van der Waals surface area (Å²) in [5.74, 6) is 0. The molecule has 0 aromatic carbocycles. The number of hydrogen-bond donors (Lipinski definition) is 2. The highest BCUT2D eigenvalue weighted by atomic mass is 32.2. The summed E-state index contributed by atoms with van der Waals surface area (Å²) in [7, 11) is 0. The van der Waals surface area contributed by atoms with Crippen LogP contribution < -0.4 is 5.32 Å². The predicted octanol–water partition coefficient (Wildman–Crippen LogP) is 0.973. The van der Waals surface area contributed by atoms with Gasteiger partial charge in [-0.15, -0.1) is 0 Å². The molecule has 1 saturated heterocycles. The SMILES string of the molecule is CC1NC(=S)SC1=N. The summed E-state index contributed by atoms with van der Waals surface area (Å²) in [6, 6.07) is 0.146. The van der Waals surface area contributed by atoms with Crippen LogP contribution in [0.5, 0.6) is 0 Å². The molecule has 4 heteroatoms. The van der Waals surface area contributed by atoms with Gasteiger partial charge in [0.25, 0.3) is 0 Å². The van der Waals surface area contributed by atoms with E-state index < -0.39 is 0 Å². The average Bonchev–Trinajstić information content (AvgIpc) is 1.85. The average molecular weight is 146 g/mol.